The van der Waals surface area contributed by atoms with Crippen molar-refractivity contribution in [3.63, 3.8) is 0 Å². The molecule has 0 heterocycles. The summed E-state index contributed by atoms with van der Waals surface area (Å²) in [4.78, 5) is 0.663. The van der Waals surface area contributed by atoms with Gasteiger partial charge in [-0.05, 0) is 6.07 Å². The zero-order chi connectivity index (χ0) is 8.43. The molecule has 0 saturated carbocycles. The third kappa shape index (κ3) is 1.73. The van der Waals surface area contributed by atoms with Crippen molar-refractivity contribution < 1.29 is 4.74 Å². The number of ether oxygens (including phenoxy) is 1. The minimum atomic E-state index is 0.520. The Kier molecular flexibility index (Phi) is 2.52. The van der Waals surface area contributed by atoms with Gasteiger partial charge in [-0.25, -0.2) is 0 Å². The molecular weight excluding hydrogens is 182 g/mol. The summed E-state index contributed by atoms with van der Waals surface area (Å²) < 4.78 is 4.93. The highest BCUT2D eigenvalue weighted by Crippen LogP contribution is 2.30. The van der Waals surface area contributed by atoms with Gasteiger partial charge in [-0.3, -0.25) is 0 Å². The van der Waals surface area contributed by atoms with Crippen LogP contribution in [0.25, 0.3) is 0 Å². The molecule has 0 aromatic heterocycles. The minimum Gasteiger partial charge on any atom is -0.495 e. The fourth-order valence-corrected chi connectivity index (χ4v) is 1.23. The second-order valence-electron chi connectivity index (χ2n) is 2.05. The number of nitrogens with two attached hydrogens (primary N) is 1. The first-order valence-corrected chi connectivity index (χ1v) is 3.79. The van der Waals surface area contributed by atoms with Crippen LogP contribution in [0.2, 0.25) is 5.02 Å². The molecule has 0 atom stereocenters. The normalized spacial score (nSPS) is 9.73. The molecule has 0 radical (unpaired) electrons. The van der Waals surface area contributed by atoms with Crippen molar-refractivity contribution in [2.45, 2.75) is 4.90 Å². The number of benzene rings is 1. The van der Waals surface area contributed by atoms with Crippen molar-refractivity contribution in [3.05, 3.63) is 17.2 Å². The molecule has 0 amide bonds. The smallest absolute Gasteiger partial charge is 0.139 e. The SMILES string of the molecule is COc1cc(N)c(S)cc1Cl. The number of halogens is 1. The van der Waals surface area contributed by atoms with E-state index >= 15 is 0 Å². The van der Waals surface area contributed by atoms with E-state index in [-0.39, 0.29) is 0 Å². The molecule has 0 aliphatic heterocycles. The Balaban J connectivity index is 3.21. The Hall–Kier alpha value is -0.540. The van der Waals surface area contributed by atoms with E-state index in [9.17, 15) is 0 Å². The second-order valence-corrected chi connectivity index (χ2v) is 2.93. The van der Waals surface area contributed by atoms with E-state index in [0.29, 0.717) is 21.4 Å². The van der Waals surface area contributed by atoms with E-state index < -0.39 is 0 Å². The highest BCUT2D eigenvalue weighted by Gasteiger charge is 2.03. The summed E-state index contributed by atoms with van der Waals surface area (Å²) in [5, 5.41) is 0.520. The van der Waals surface area contributed by atoms with Crippen LogP contribution in [-0.4, -0.2) is 7.11 Å². The third-order valence-corrected chi connectivity index (χ3v) is 1.98. The van der Waals surface area contributed by atoms with E-state index in [1.165, 1.54) is 0 Å². The number of rotatable bonds is 1. The van der Waals surface area contributed by atoms with Crippen LogP contribution in [0.4, 0.5) is 5.69 Å². The molecule has 1 aromatic carbocycles. The fourth-order valence-electron chi connectivity index (χ4n) is 0.715. The average molecular weight is 190 g/mol. The van der Waals surface area contributed by atoms with Crippen LogP contribution in [0.5, 0.6) is 5.75 Å². The first-order valence-electron chi connectivity index (χ1n) is 2.97. The predicted molar refractivity (Wildman–Crippen MR) is 49.7 cm³/mol. The number of nitrogen functional groups attached to an aromatic ring is 1. The number of hydrogen-bond acceptors (Lipinski definition) is 3. The Bertz CT molecular complexity index is 277. The molecule has 0 unspecified atom stereocenters. The van der Waals surface area contributed by atoms with Crippen molar-refractivity contribution in [1.82, 2.24) is 0 Å². The van der Waals surface area contributed by atoms with Gasteiger partial charge in [0.2, 0.25) is 0 Å². The number of anilines is 1. The summed E-state index contributed by atoms with van der Waals surface area (Å²) >= 11 is 9.86. The number of hydrogen-bond donors (Lipinski definition) is 2. The van der Waals surface area contributed by atoms with Gasteiger partial charge in [-0.1, -0.05) is 11.6 Å². The summed E-state index contributed by atoms with van der Waals surface area (Å²) in [6.45, 7) is 0. The number of methoxy groups -OCH3 is 1. The van der Waals surface area contributed by atoms with Gasteiger partial charge in [0.25, 0.3) is 0 Å². The lowest BCUT2D eigenvalue weighted by molar-refractivity contribution is 0.415. The molecule has 0 saturated heterocycles. The average Bonchev–Trinajstić information content (AvgIpc) is 1.97. The van der Waals surface area contributed by atoms with Gasteiger partial charge >= 0.3 is 0 Å². The van der Waals surface area contributed by atoms with Crippen molar-refractivity contribution in [2.75, 3.05) is 12.8 Å². The van der Waals surface area contributed by atoms with E-state index in [0.717, 1.165) is 0 Å². The molecule has 2 nitrogen and oxygen atoms in total. The second kappa shape index (κ2) is 3.24. The molecular formula is C7H8ClNOS. The summed E-state index contributed by atoms with van der Waals surface area (Å²) in [5.74, 6) is 0.571. The molecule has 0 spiro atoms. The number of thiol groups is 1. The van der Waals surface area contributed by atoms with E-state index in [1.54, 1.807) is 19.2 Å². The Morgan fingerprint density at radius 1 is 1.55 bits per heavy atom. The Morgan fingerprint density at radius 2 is 2.18 bits per heavy atom. The van der Waals surface area contributed by atoms with Gasteiger partial charge in [0, 0.05) is 16.6 Å². The zero-order valence-corrected chi connectivity index (χ0v) is 7.62. The van der Waals surface area contributed by atoms with Gasteiger partial charge in [-0.15, -0.1) is 12.6 Å². The summed E-state index contributed by atoms with van der Waals surface area (Å²) in [7, 11) is 1.54. The molecule has 0 bridgehead atoms. The van der Waals surface area contributed by atoms with E-state index in [4.69, 9.17) is 22.1 Å². The first-order chi connectivity index (χ1) is 5.15. The van der Waals surface area contributed by atoms with Crippen molar-refractivity contribution >= 4 is 29.9 Å². The van der Waals surface area contributed by atoms with Crippen molar-refractivity contribution in [2.24, 2.45) is 0 Å². The molecule has 1 aromatic rings. The lowest BCUT2D eigenvalue weighted by Gasteiger charge is -2.05. The lowest BCUT2D eigenvalue weighted by Crippen LogP contribution is -1.90. The molecule has 2 N–H and O–H groups in total. The largest absolute Gasteiger partial charge is 0.495 e. The van der Waals surface area contributed by atoms with Crippen LogP contribution in [0.3, 0.4) is 0 Å². The Labute approximate surface area is 75.7 Å². The fraction of sp³-hybridized carbons (Fsp3) is 0.143. The highest BCUT2D eigenvalue weighted by atomic mass is 35.5. The van der Waals surface area contributed by atoms with Gasteiger partial charge in [0.1, 0.15) is 5.75 Å². The molecule has 0 aliphatic rings. The summed E-state index contributed by atoms with van der Waals surface area (Å²) in [5.41, 5.74) is 6.11. The minimum absolute atomic E-state index is 0.520. The lowest BCUT2D eigenvalue weighted by atomic mass is 10.3. The molecule has 1 rings (SSSR count). The monoisotopic (exact) mass is 189 g/mol. The molecule has 4 heteroatoms. The summed E-state index contributed by atoms with van der Waals surface area (Å²) in [6, 6.07) is 3.30. The van der Waals surface area contributed by atoms with Gasteiger partial charge in [-0.2, -0.15) is 0 Å². The zero-order valence-electron chi connectivity index (χ0n) is 5.97. The molecule has 0 aliphatic carbocycles. The highest BCUT2D eigenvalue weighted by molar-refractivity contribution is 7.80. The van der Waals surface area contributed by atoms with Crippen LogP contribution >= 0.6 is 24.2 Å². The van der Waals surface area contributed by atoms with Crippen LogP contribution in [-0.2, 0) is 0 Å². The van der Waals surface area contributed by atoms with Crippen LogP contribution < -0.4 is 10.5 Å². The van der Waals surface area contributed by atoms with Gasteiger partial charge in [0.15, 0.2) is 0 Å². The predicted octanol–water partition coefficient (Wildman–Crippen LogP) is 2.22. The maximum Gasteiger partial charge on any atom is 0.139 e. The van der Waals surface area contributed by atoms with Crippen LogP contribution in [0.1, 0.15) is 0 Å². The Morgan fingerprint density at radius 3 is 2.73 bits per heavy atom. The van der Waals surface area contributed by atoms with Crippen LogP contribution in [0.15, 0.2) is 17.0 Å². The maximum absolute atomic E-state index is 5.77. The topological polar surface area (TPSA) is 35.2 Å². The molecule has 60 valence electrons. The first kappa shape index (κ1) is 8.56. The molecule has 11 heavy (non-hydrogen) atoms. The standard InChI is InChI=1S/C7H8ClNOS/c1-10-6-3-5(9)7(11)2-4(6)8/h2-3,11H,9H2,1H3. The molecule has 0 fully saturated rings. The van der Waals surface area contributed by atoms with E-state index in [1.807, 2.05) is 0 Å². The third-order valence-electron chi connectivity index (χ3n) is 1.30. The quantitative estimate of drug-likeness (QED) is 0.525. The maximum atomic E-state index is 5.77. The van der Waals surface area contributed by atoms with Crippen LogP contribution in [0, 0.1) is 0 Å². The van der Waals surface area contributed by atoms with Gasteiger partial charge < -0.3 is 10.5 Å². The van der Waals surface area contributed by atoms with Gasteiger partial charge in [0.05, 0.1) is 12.1 Å². The van der Waals surface area contributed by atoms with Crippen molar-refractivity contribution in [1.29, 1.82) is 0 Å². The summed E-state index contributed by atoms with van der Waals surface area (Å²) in [6.07, 6.45) is 0. The van der Waals surface area contributed by atoms with E-state index in [2.05, 4.69) is 12.6 Å². The van der Waals surface area contributed by atoms with Crippen molar-refractivity contribution in [3.8, 4) is 5.75 Å².